The van der Waals surface area contributed by atoms with Gasteiger partial charge in [-0.05, 0) is 52.7 Å². The lowest BCUT2D eigenvalue weighted by Gasteiger charge is -2.10. The second kappa shape index (κ2) is 7.13. The van der Waals surface area contributed by atoms with Gasteiger partial charge in [-0.3, -0.25) is 4.79 Å². The largest absolute Gasteiger partial charge is 0.495 e. The topological polar surface area (TPSA) is 50.4 Å². The molecule has 0 aliphatic rings. The van der Waals surface area contributed by atoms with Crippen molar-refractivity contribution < 1.29 is 9.53 Å². The van der Waals surface area contributed by atoms with E-state index in [4.69, 9.17) is 4.74 Å². The summed E-state index contributed by atoms with van der Waals surface area (Å²) in [5.41, 5.74) is 2.74. The van der Waals surface area contributed by atoms with Gasteiger partial charge in [0.1, 0.15) is 5.75 Å². The minimum absolute atomic E-state index is 0.0949. The fourth-order valence-corrected chi connectivity index (χ4v) is 2.29. The van der Waals surface area contributed by atoms with Gasteiger partial charge < -0.3 is 15.4 Å². The Kier molecular flexibility index (Phi) is 5.22. The SMILES string of the molecule is COc1cc(NCC(=O)Nc2cccc(C)c2)ccc1Br. The first-order valence-electron chi connectivity index (χ1n) is 6.52. The lowest BCUT2D eigenvalue weighted by molar-refractivity contribution is -0.114. The predicted octanol–water partition coefficient (Wildman–Crippen LogP) is 3.82. The Labute approximate surface area is 132 Å². The Morgan fingerprint density at radius 3 is 2.71 bits per heavy atom. The molecule has 0 bridgehead atoms. The molecule has 0 saturated carbocycles. The number of carbonyl (C=O) groups excluding carboxylic acids is 1. The summed E-state index contributed by atoms with van der Waals surface area (Å²) >= 11 is 3.39. The molecule has 0 heterocycles. The van der Waals surface area contributed by atoms with Crippen LogP contribution in [0.2, 0.25) is 0 Å². The minimum atomic E-state index is -0.0949. The van der Waals surface area contributed by atoms with E-state index in [1.54, 1.807) is 7.11 Å². The highest BCUT2D eigenvalue weighted by Crippen LogP contribution is 2.27. The number of anilines is 2. The summed E-state index contributed by atoms with van der Waals surface area (Å²) in [5.74, 6) is 0.626. The molecule has 0 aliphatic heterocycles. The van der Waals surface area contributed by atoms with Crippen molar-refractivity contribution in [3.05, 3.63) is 52.5 Å². The Hall–Kier alpha value is -2.01. The second-order valence-corrected chi connectivity index (χ2v) is 5.47. The summed E-state index contributed by atoms with van der Waals surface area (Å²) in [6, 6.07) is 13.3. The van der Waals surface area contributed by atoms with Gasteiger partial charge in [0, 0.05) is 17.4 Å². The quantitative estimate of drug-likeness (QED) is 0.863. The molecule has 21 heavy (non-hydrogen) atoms. The van der Waals surface area contributed by atoms with Gasteiger partial charge in [0.2, 0.25) is 5.91 Å². The number of rotatable bonds is 5. The molecule has 0 aliphatic carbocycles. The van der Waals surface area contributed by atoms with Crippen LogP contribution in [0.1, 0.15) is 5.56 Å². The van der Waals surface area contributed by atoms with Gasteiger partial charge in [-0.15, -0.1) is 0 Å². The Balaban J connectivity index is 1.92. The highest BCUT2D eigenvalue weighted by molar-refractivity contribution is 9.10. The molecule has 5 heteroatoms. The Bertz CT molecular complexity index is 644. The second-order valence-electron chi connectivity index (χ2n) is 4.62. The van der Waals surface area contributed by atoms with Crippen LogP contribution in [0.15, 0.2) is 46.9 Å². The molecule has 1 amide bonds. The first-order valence-corrected chi connectivity index (χ1v) is 7.31. The monoisotopic (exact) mass is 348 g/mol. The van der Waals surface area contributed by atoms with Gasteiger partial charge in [-0.1, -0.05) is 12.1 Å². The number of aryl methyl sites for hydroxylation is 1. The van der Waals surface area contributed by atoms with Crippen molar-refractivity contribution in [3.8, 4) is 5.75 Å². The summed E-state index contributed by atoms with van der Waals surface area (Å²) in [6.45, 7) is 2.18. The molecule has 0 saturated heterocycles. The summed E-state index contributed by atoms with van der Waals surface area (Å²) < 4.78 is 6.09. The molecular weight excluding hydrogens is 332 g/mol. The maximum atomic E-state index is 11.9. The summed E-state index contributed by atoms with van der Waals surface area (Å²) in [6.07, 6.45) is 0. The Morgan fingerprint density at radius 1 is 1.19 bits per heavy atom. The van der Waals surface area contributed by atoms with Crippen molar-refractivity contribution in [1.29, 1.82) is 0 Å². The summed E-state index contributed by atoms with van der Waals surface area (Å²) in [4.78, 5) is 11.9. The van der Waals surface area contributed by atoms with Crippen molar-refractivity contribution in [2.24, 2.45) is 0 Å². The number of hydrogen-bond donors (Lipinski definition) is 2. The molecule has 2 N–H and O–H groups in total. The normalized spacial score (nSPS) is 10.0. The zero-order chi connectivity index (χ0) is 15.2. The standard InChI is InChI=1S/C16H17BrN2O2/c1-11-4-3-5-13(8-11)19-16(20)10-18-12-6-7-14(17)15(9-12)21-2/h3-9,18H,10H2,1-2H3,(H,19,20). The summed E-state index contributed by atoms with van der Waals surface area (Å²) in [5, 5.41) is 5.92. The van der Waals surface area contributed by atoms with E-state index in [0.717, 1.165) is 27.2 Å². The van der Waals surface area contributed by atoms with E-state index in [2.05, 4.69) is 26.6 Å². The molecule has 0 atom stereocenters. The van der Waals surface area contributed by atoms with Crippen molar-refractivity contribution in [2.45, 2.75) is 6.92 Å². The number of hydrogen-bond acceptors (Lipinski definition) is 3. The highest BCUT2D eigenvalue weighted by Gasteiger charge is 2.05. The average Bonchev–Trinajstić information content (AvgIpc) is 2.46. The number of nitrogens with one attached hydrogen (secondary N) is 2. The maximum absolute atomic E-state index is 11.9. The highest BCUT2D eigenvalue weighted by atomic mass is 79.9. The van der Waals surface area contributed by atoms with Crippen LogP contribution < -0.4 is 15.4 Å². The third kappa shape index (κ3) is 4.49. The zero-order valence-corrected chi connectivity index (χ0v) is 13.5. The number of benzene rings is 2. The van der Waals surface area contributed by atoms with E-state index < -0.39 is 0 Å². The van der Waals surface area contributed by atoms with Crippen molar-refractivity contribution in [3.63, 3.8) is 0 Å². The number of amides is 1. The third-order valence-electron chi connectivity index (χ3n) is 2.91. The average molecular weight is 349 g/mol. The smallest absolute Gasteiger partial charge is 0.243 e. The molecule has 4 nitrogen and oxygen atoms in total. The molecule has 0 aromatic heterocycles. The van der Waals surface area contributed by atoms with E-state index in [1.165, 1.54) is 0 Å². The minimum Gasteiger partial charge on any atom is -0.495 e. The van der Waals surface area contributed by atoms with Gasteiger partial charge in [0.25, 0.3) is 0 Å². The van der Waals surface area contributed by atoms with Crippen LogP contribution in [0.5, 0.6) is 5.75 Å². The van der Waals surface area contributed by atoms with Gasteiger partial charge in [0.15, 0.2) is 0 Å². The van der Waals surface area contributed by atoms with Crippen LogP contribution in [0, 0.1) is 6.92 Å². The van der Waals surface area contributed by atoms with E-state index in [-0.39, 0.29) is 12.5 Å². The van der Waals surface area contributed by atoms with Crippen LogP contribution in [-0.4, -0.2) is 19.6 Å². The first kappa shape index (κ1) is 15.4. The molecule has 0 unspecified atom stereocenters. The molecule has 2 aromatic rings. The Morgan fingerprint density at radius 2 is 2.00 bits per heavy atom. The molecule has 0 spiro atoms. The van der Waals surface area contributed by atoms with Crippen LogP contribution in [0.3, 0.4) is 0 Å². The molecule has 110 valence electrons. The molecule has 2 aromatic carbocycles. The van der Waals surface area contributed by atoms with Crippen molar-refractivity contribution in [1.82, 2.24) is 0 Å². The van der Waals surface area contributed by atoms with Crippen LogP contribution >= 0.6 is 15.9 Å². The molecule has 0 fully saturated rings. The summed E-state index contributed by atoms with van der Waals surface area (Å²) in [7, 11) is 1.61. The first-order chi connectivity index (χ1) is 10.1. The maximum Gasteiger partial charge on any atom is 0.243 e. The van der Waals surface area contributed by atoms with Gasteiger partial charge in [0.05, 0.1) is 18.1 Å². The molecule has 0 radical (unpaired) electrons. The molecular formula is C16H17BrN2O2. The van der Waals surface area contributed by atoms with E-state index in [9.17, 15) is 4.79 Å². The number of methoxy groups -OCH3 is 1. The number of halogens is 1. The van der Waals surface area contributed by atoms with Crippen LogP contribution in [0.25, 0.3) is 0 Å². The van der Waals surface area contributed by atoms with Crippen molar-refractivity contribution >= 4 is 33.2 Å². The fraction of sp³-hybridized carbons (Fsp3) is 0.188. The number of ether oxygens (including phenoxy) is 1. The van der Waals surface area contributed by atoms with E-state index in [1.807, 2.05) is 49.4 Å². The zero-order valence-electron chi connectivity index (χ0n) is 11.9. The van der Waals surface area contributed by atoms with Gasteiger partial charge >= 0.3 is 0 Å². The lowest BCUT2D eigenvalue weighted by atomic mass is 10.2. The van der Waals surface area contributed by atoms with E-state index in [0.29, 0.717) is 0 Å². The van der Waals surface area contributed by atoms with E-state index >= 15 is 0 Å². The predicted molar refractivity (Wildman–Crippen MR) is 89.0 cm³/mol. The molecule has 2 rings (SSSR count). The van der Waals surface area contributed by atoms with Gasteiger partial charge in [-0.2, -0.15) is 0 Å². The lowest BCUT2D eigenvalue weighted by Crippen LogP contribution is -2.21. The van der Waals surface area contributed by atoms with Crippen LogP contribution in [0.4, 0.5) is 11.4 Å². The fourth-order valence-electron chi connectivity index (χ4n) is 1.88. The van der Waals surface area contributed by atoms with Crippen molar-refractivity contribution in [2.75, 3.05) is 24.3 Å². The van der Waals surface area contributed by atoms with Gasteiger partial charge in [-0.25, -0.2) is 0 Å². The number of carbonyl (C=O) groups is 1. The third-order valence-corrected chi connectivity index (χ3v) is 3.56. The van der Waals surface area contributed by atoms with Crippen LogP contribution in [-0.2, 0) is 4.79 Å².